The van der Waals surface area contributed by atoms with Gasteiger partial charge in [-0.1, -0.05) is 54.6 Å². The fraction of sp³-hybridized carbons (Fsp3) is 0.310. The van der Waals surface area contributed by atoms with Gasteiger partial charge < -0.3 is 14.2 Å². The van der Waals surface area contributed by atoms with E-state index in [9.17, 15) is 17.6 Å². The van der Waals surface area contributed by atoms with Crippen molar-refractivity contribution in [1.29, 1.82) is 0 Å². The van der Waals surface area contributed by atoms with Gasteiger partial charge in [-0.2, -0.15) is 0 Å². The van der Waals surface area contributed by atoms with E-state index in [0.717, 1.165) is 18.7 Å². The third-order valence-corrected chi connectivity index (χ3v) is 9.26. The van der Waals surface area contributed by atoms with Crippen LogP contribution in [-0.2, 0) is 33.4 Å². The van der Waals surface area contributed by atoms with Gasteiger partial charge in [0.1, 0.15) is 5.82 Å². The minimum Gasteiger partial charge on any atom is -0.379 e. The third kappa shape index (κ3) is 6.84. The van der Waals surface area contributed by atoms with Crippen molar-refractivity contribution < 1.29 is 22.3 Å². The molecule has 11 heteroatoms. The van der Waals surface area contributed by atoms with Crippen molar-refractivity contribution in [2.75, 3.05) is 39.4 Å². The molecule has 8 nitrogen and oxygen atoms in total. The van der Waals surface area contributed by atoms with Crippen molar-refractivity contribution in [3.63, 3.8) is 0 Å². The highest BCUT2D eigenvalue weighted by Gasteiger charge is 2.27. The highest BCUT2D eigenvalue weighted by Crippen LogP contribution is 2.23. The fourth-order valence-corrected chi connectivity index (χ4v) is 6.87. The van der Waals surface area contributed by atoms with Crippen molar-refractivity contribution in [3.05, 3.63) is 106 Å². The first kappa shape index (κ1) is 28.2. The minimum atomic E-state index is -4.01. The Morgan fingerprint density at radius 2 is 1.77 bits per heavy atom. The highest BCUT2D eigenvalue weighted by molar-refractivity contribution is 7.90. The summed E-state index contributed by atoms with van der Waals surface area (Å²) in [6.07, 6.45) is 1.51. The lowest BCUT2D eigenvalue weighted by atomic mass is 10.2. The molecule has 2 aromatic carbocycles. The zero-order valence-corrected chi connectivity index (χ0v) is 23.6. The third-order valence-electron chi connectivity index (χ3n) is 6.83. The molecule has 1 amide bonds. The lowest BCUT2D eigenvalue weighted by Gasteiger charge is -2.30. The standard InChI is InChI=1S/C29H31FN4O4S2/c30-26-10-5-4-9-24(26)22-40(36,37)29-31-19-25(34(29)20-23-7-2-1-3-8-23)21-33(28(35)27-11-6-18-39-27)13-12-32-14-16-38-17-15-32/h1-11,18-19H,12-17,20-22H2. The molecule has 1 aliphatic heterocycles. The van der Waals surface area contributed by atoms with E-state index in [4.69, 9.17) is 4.74 Å². The van der Waals surface area contributed by atoms with Crippen LogP contribution in [0.15, 0.2) is 83.5 Å². The van der Waals surface area contributed by atoms with Crippen LogP contribution in [0, 0.1) is 5.82 Å². The normalized spacial score (nSPS) is 14.3. The van der Waals surface area contributed by atoms with Crippen LogP contribution in [-0.4, -0.2) is 73.1 Å². The summed E-state index contributed by atoms with van der Waals surface area (Å²) in [4.78, 5) is 22.5. The number of morpholine rings is 1. The lowest BCUT2D eigenvalue weighted by molar-refractivity contribution is 0.0319. The van der Waals surface area contributed by atoms with Crippen LogP contribution >= 0.6 is 11.3 Å². The smallest absolute Gasteiger partial charge is 0.264 e. The number of benzene rings is 2. The van der Waals surface area contributed by atoms with Crippen LogP contribution in [0.3, 0.4) is 0 Å². The zero-order chi connectivity index (χ0) is 28.0. The van der Waals surface area contributed by atoms with Gasteiger partial charge in [-0.05, 0) is 23.1 Å². The van der Waals surface area contributed by atoms with Gasteiger partial charge in [0.05, 0.1) is 48.8 Å². The zero-order valence-electron chi connectivity index (χ0n) is 22.0. The minimum absolute atomic E-state index is 0.0818. The summed E-state index contributed by atoms with van der Waals surface area (Å²) in [7, 11) is -4.01. The van der Waals surface area contributed by atoms with Gasteiger partial charge in [0.2, 0.25) is 15.0 Å². The summed E-state index contributed by atoms with van der Waals surface area (Å²) >= 11 is 1.37. The maximum Gasteiger partial charge on any atom is 0.264 e. The van der Waals surface area contributed by atoms with Gasteiger partial charge in [-0.15, -0.1) is 11.3 Å². The SMILES string of the molecule is O=C(c1cccs1)N(CCN1CCOCC1)Cc1cnc(S(=O)(=O)Cc2ccccc2F)n1Cc1ccccc1. The summed E-state index contributed by atoms with van der Waals surface area (Å²) in [6.45, 7) is 4.47. The van der Waals surface area contributed by atoms with Crippen molar-refractivity contribution in [2.45, 2.75) is 24.0 Å². The van der Waals surface area contributed by atoms with Gasteiger partial charge in [0, 0.05) is 31.7 Å². The Balaban J connectivity index is 1.47. The van der Waals surface area contributed by atoms with Crippen molar-refractivity contribution >= 4 is 27.1 Å². The molecular formula is C29H31FN4O4S2. The number of halogens is 1. The second-order valence-corrected chi connectivity index (χ2v) is 12.4. The first-order valence-electron chi connectivity index (χ1n) is 13.1. The number of hydrogen-bond donors (Lipinski definition) is 0. The molecule has 0 N–H and O–H groups in total. The van der Waals surface area contributed by atoms with Crippen molar-refractivity contribution in [2.24, 2.45) is 0 Å². The average Bonchev–Trinajstić information content (AvgIpc) is 3.64. The van der Waals surface area contributed by atoms with Gasteiger partial charge in [-0.25, -0.2) is 17.8 Å². The molecule has 1 saturated heterocycles. The van der Waals surface area contributed by atoms with Gasteiger partial charge in [-0.3, -0.25) is 9.69 Å². The monoisotopic (exact) mass is 582 g/mol. The van der Waals surface area contributed by atoms with Crippen LogP contribution in [0.4, 0.5) is 4.39 Å². The molecule has 2 aromatic heterocycles. The molecule has 1 fully saturated rings. The number of sulfone groups is 1. The molecule has 0 spiro atoms. The molecule has 0 radical (unpaired) electrons. The predicted molar refractivity (Wildman–Crippen MR) is 151 cm³/mol. The summed E-state index contributed by atoms with van der Waals surface area (Å²) in [5.74, 6) is -1.21. The summed E-state index contributed by atoms with van der Waals surface area (Å²) in [6, 6.07) is 18.9. The Labute approximate surface area is 237 Å². The Bertz CT molecular complexity index is 1520. The molecule has 1 aliphatic rings. The Morgan fingerprint density at radius 3 is 2.50 bits per heavy atom. The molecule has 40 heavy (non-hydrogen) atoms. The largest absolute Gasteiger partial charge is 0.379 e. The Morgan fingerprint density at radius 1 is 1.02 bits per heavy atom. The van der Waals surface area contributed by atoms with E-state index in [-0.39, 0.29) is 29.7 Å². The number of imidazole rings is 1. The molecule has 210 valence electrons. The van der Waals surface area contributed by atoms with Crippen LogP contribution in [0.5, 0.6) is 0 Å². The molecule has 5 rings (SSSR count). The molecule has 4 aromatic rings. The van der Waals surface area contributed by atoms with Crippen LogP contribution in [0.2, 0.25) is 0 Å². The van der Waals surface area contributed by atoms with E-state index in [0.29, 0.717) is 36.9 Å². The van der Waals surface area contributed by atoms with E-state index in [1.807, 2.05) is 41.8 Å². The van der Waals surface area contributed by atoms with E-state index < -0.39 is 21.4 Å². The Hall–Kier alpha value is -3.38. The van der Waals surface area contributed by atoms with Crippen LogP contribution in [0.25, 0.3) is 0 Å². The summed E-state index contributed by atoms with van der Waals surface area (Å²) in [5, 5.41) is 1.71. The first-order valence-corrected chi connectivity index (χ1v) is 15.6. The molecule has 0 unspecified atom stereocenters. The molecule has 0 saturated carbocycles. The molecule has 0 bridgehead atoms. The molecule has 0 atom stereocenters. The number of rotatable bonds is 11. The Kier molecular flexibility index (Phi) is 9.05. The number of hydrogen-bond acceptors (Lipinski definition) is 7. The summed E-state index contributed by atoms with van der Waals surface area (Å²) < 4.78 is 48.6. The molecular weight excluding hydrogens is 551 g/mol. The van der Waals surface area contributed by atoms with E-state index in [1.54, 1.807) is 21.6 Å². The van der Waals surface area contributed by atoms with E-state index >= 15 is 0 Å². The van der Waals surface area contributed by atoms with Gasteiger partial charge in [0.15, 0.2) is 0 Å². The second-order valence-electron chi connectivity index (χ2n) is 9.61. The number of amides is 1. The predicted octanol–water partition coefficient (Wildman–Crippen LogP) is 4.08. The number of aromatic nitrogens is 2. The van der Waals surface area contributed by atoms with E-state index in [2.05, 4.69) is 9.88 Å². The first-order chi connectivity index (χ1) is 19.4. The average molecular weight is 583 g/mol. The highest BCUT2D eigenvalue weighted by atomic mass is 32.2. The van der Waals surface area contributed by atoms with Gasteiger partial charge >= 0.3 is 0 Å². The second kappa shape index (κ2) is 12.9. The van der Waals surface area contributed by atoms with E-state index in [1.165, 1.54) is 35.7 Å². The number of thiophene rings is 1. The number of nitrogens with zero attached hydrogens (tertiary/aromatic N) is 4. The van der Waals surface area contributed by atoms with Crippen molar-refractivity contribution in [1.82, 2.24) is 19.4 Å². The maximum atomic E-state index is 14.4. The van der Waals surface area contributed by atoms with Crippen LogP contribution < -0.4 is 0 Å². The van der Waals surface area contributed by atoms with Gasteiger partial charge in [0.25, 0.3) is 5.91 Å². The molecule has 0 aliphatic carbocycles. The fourth-order valence-electron chi connectivity index (χ4n) is 4.68. The van der Waals surface area contributed by atoms with Crippen molar-refractivity contribution in [3.8, 4) is 0 Å². The number of carbonyl (C=O) groups excluding carboxylic acids is 1. The number of ether oxygens (including phenoxy) is 1. The topological polar surface area (TPSA) is 84.7 Å². The summed E-state index contributed by atoms with van der Waals surface area (Å²) in [5.41, 5.74) is 1.55. The quantitative estimate of drug-likeness (QED) is 0.265. The maximum absolute atomic E-state index is 14.4. The lowest BCUT2D eigenvalue weighted by Crippen LogP contribution is -2.43. The molecule has 3 heterocycles. The number of carbonyl (C=O) groups is 1. The van der Waals surface area contributed by atoms with Crippen LogP contribution in [0.1, 0.15) is 26.5 Å².